The van der Waals surface area contributed by atoms with Gasteiger partial charge >= 0.3 is 5.97 Å². The third-order valence-corrected chi connectivity index (χ3v) is 6.50. The maximum atomic E-state index is 12.7. The number of ether oxygens (including phenoxy) is 1. The van der Waals surface area contributed by atoms with Gasteiger partial charge in [0, 0.05) is 0 Å². The van der Waals surface area contributed by atoms with Crippen molar-refractivity contribution in [1.29, 1.82) is 0 Å². The van der Waals surface area contributed by atoms with Gasteiger partial charge in [0.05, 0.1) is 11.8 Å². The summed E-state index contributed by atoms with van der Waals surface area (Å²) in [6.07, 6.45) is 3.03. The molecule has 142 valence electrons. The van der Waals surface area contributed by atoms with Crippen molar-refractivity contribution in [3.8, 4) is 16.9 Å². The molecule has 1 aliphatic heterocycles. The van der Waals surface area contributed by atoms with Crippen LogP contribution in [0.15, 0.2) is 54.6 Å². The highest BCUT2D eigenvalue weighted by Crippen LogP contribution is 2.56. The predicted molar refractivity (Wildman–Crippen MR) is 102 cm³/mol. The molecule has 28 heavy (non-hydrogen) atoms. The summed E-state index contributed by atoms with van der Waals surface area (Å²) >= 11 is 0. The number of nitrogens with zero attached hydrogens (tertiary/aromatic N) is 1. The number of hydrogen-bond donors (Lipinski definition) is 0. The van der Waals surface area contributed by atoms with Crippen LogP contribution in [0.2, 0.25) is 0 Å². The first kappa shape index (κ1) is 17.2. The largest absolute Gasteiger partial charge is 0.425 e. The Kier molecular flexibility index (Phi) is 4.04. The summed E-state index contributed by atoms with van der Waals surface area (Å²) in [7, 11) is 0. The standard InChI is InChI=1S/C23H21NO4/c25-19(28-18-10-8-15(9-11-18)14-4-2-1-3-5-14)13-24-22(26)20-16-6-7-17(12-16)21(20)23(24)27/h1-5,8-11,16-17,20-21H,6-7,12-13H2/t16-,17-,20-,21-/m0/s1. The summed E-state index contributed by atoms with van der Waals surface area (Å²) in [6, 6.07) is 17.1. The lowest BCUT2D eigenvalue weighted by atomic mass is 9.81. The van der Waals surface area contributed by atoms with E-state index < -0.39 is 5.97 Å². The van der Waals surface area contributed by atoms with Gasteiger partial charge < -0.3 is 4.74 Å². The average Bonchev–Trinajstić information content (AvgIpc) is 3.39. The van der Waals surface area contributed by atoms with Gasteiger partial charge in [0.15, 0.2) is 0 Å². The fourth-order valence-electron chi connectivity index (χ4n) is 5.27. The molecule has 5 nitrogen and oxygen atoms in total. The van der Waals surface area contributed by atoms with Crippen LogP contribution < -0.4 is 4.74 Å². The zero-order valence-electron chi connectivity index (χ0n) is 15.4. The van der Waals surface area contributed by atoms with Crippen molar-refractivity contribution in [3.05, 3.63) is 54.6 Å². The van der Waals surface area contributed by atoms with Crippen molar-refractivity contribution in [2.75, 3.05) is 6.54 Å². The van der Waals surface area contributed by atoms with Crippen LogP contribution in [0.4, 0.5) is 0 Å². The number of carbonyl (C=O) groups excluding carboxylic acids is 3. The zero-order valence-corrected chi connectivity index (χ0v) is 15.4. The number of carbonyl (C=O) groups is 3. The Bertz CT molecular complexity index is 909. The quantitative estimate of drug-likeness (QED) is 0.467. The van der Waals surface area contributed by atoms with Crippen LogP contribution in [-0.2, 0) is 14.4 Å². The van der Waals surface area contributed by atoms with Crippen molar-refractivity contribution >= 4 is 17.8 Å². The molecule has 2 aromatic carbocycles. The first-order valence-corrected chi connectivity index (χ1v) is 9.83. The van der Waals surface area contributed by atoms with E-state index in [4.69, 9.17) is 4.74 Å². The minimum absolute atomic E-state index is 0.182. The third-order valence-electron chi connectivity index (χ3n) is 6.50. The van der Waals surface area contributed by atoms with E-state index in [-0.39, 0.29) is 30.2 Å². The molecule has 1 heterocycles. The Labute approximate surface area is 163 Å². The number of likely N-dealkylation sites (tertiary alicyclic amines) is 1. The van der Waals surface area contributed by atoms with E-state index in [1.165, 1.54) is 0 Å². The monoisotopic (exact) mass is 375 g/mol. The van der Waals surface area contributed by atoms with Gasteiger partial charge in [-0.3, -0.25) is 14.5 Å². The molecule has 3 fully saturated rings. The van der Waals surface area contributed by atoms with Gasteiger partial charge in [-0.05, 0) is 54.4 Å². The average molecular weight is 375 g/mol. The molecule has 1 saturated heterocycles. The second kappa shape index (κ2) is 6.59. The molecule has 2 aromatic rings. The van der Waals surface area contributed by atoms with Crippen LogP contribution in [0.5, 0.6) is 5.75 Å². The number of rotatable bonds is 4. The van der Waals surface area contributed by atoms with Crippen molar-refractivity contribution in [3.63, 3.8) is 0 Å². The van der Waals surface area contributed by atoms with E-state index in [1.54, 1.807) is 12.1 Å². The number of amides is 2. The van der Waals surface area contributed by atoms with Gasteiger partial charge in [-0.2, -0.15) is 0 Å². The zero-order chi connectivity index (χ0) is 19.3. The Morgan fingerprint density at radius 3 is 2.04 bits per heavy atom. The smallest absolute Gasteiger partial charge is 0.331 e. The molecule has 0 radical (unpaired) electrons. The van der Waals surface area contributed by atoms with E-state index in [0.717, 1.165) is 35.3 Å². The minimum Gasteiger partial charge on any atom is -0.425 e. The highest BCUT2D eigenvalue weighted by molar-refractivity contribution is 6.07. The number of esters is 1. The summed E-state index contributed by atoms with van der Waals surface area (Å²) < 4.78 is 5.37. The van der Waals surface area contributed by atoms with E-state index in [1.807, 2.05) is 42.5 Å². The molecule has 3 aliphatic rings. The van der Waals surface area contributed by atoms with Crippen LogP contribution >= 0.6 is 0 Å². The molecule has 2 amide bonds. The first-order valence-electron chi connectivity index (χ1n) is 9.83. The normalized spacial score (nSPS) is 27.9. The molecule has 2 saturated carbocycles. The third kappa shape index (κ3) is 2.73. The topological polar surface area (TPSA) is 63.7 Å². The Morgan fingerprint density at radius 1 is 0.857 bits per heavy atom. The lowest BCUT2D eigenvalue weighted by Gasteiger charge is -2.19. The summed E-state index contributed by atoms with van der Waals surface area (Å²) in [5.41, 5.74) is 2.10. The van der Waals surface area contributed by atoms with Crippen LogP contribution in [0.1, 0.15) is 19.3 Å². The highest BCUT2D eigenvalue weighted by atomic mass is 16.5. The maximum absolute atomic E-state index is 12.7. The Morgan fingerprint density at radius 2 is 1.43 bits per heavy atom. The van der Waals surface area contributed by atoms with Crippen molar-refractivity contribution in [2.45, 2.75) is 19.3 Å². The van der Waals surface area contributed by atoms with Crippen LogP contribution in [0.25, 0.3) is 11.1 Å². The summed E-state index contributed by atoms with van der Waals surface area (Å²) in [6.45, 7) is -0.301. The fraction of sp³-hybridized carbons (Fsp3) is 0.348. The van der Waals surface area contributed by atoms with Gasteiger partial charge in [0.2, 0.25) is 11.8 Å². The second-order valence-electron chi connectivity index (χ2n) is 8.01. The molecule has 4 atom stereocenters. The first-order chi connectivity index (χ1) is 13.6. The fourth-order valence-corrected chi connectivity index (χ4v) is 5.27. The van der Waals surface area contributed by atoms with Crippen molar-refractivity contribution in [1.82, 2.24) is 4.90 Å². The van der Waals surface area contributed by atoms with Crippen molar-refractivity contribution < 1.29 is 19.1 Å². The number of benzene rings is 2. The second-order valence-corrected chi connectivity index (χ2v) is 8.01. The van der Waals surface area contributed by atoms with Crippen molar-refractivity contribution in [2.24, 2.45) is 23.7 Å². The van der Waals surface area contributed by atoms with Gasteiger partial charge in [0.1, 0.15) is 12.3 Å². The minimum atomic E-state index is -0.582. The van der Waals surface area contributed by atoms with E-state index >= 15 is 0 Å². The van der Waals surface area contributed by atoms with Gasteiger partial charge in [-0.15, -0.1) is 0 Å². The van der Waals surface area contributed by atoms with Gasteiger partial charge in [0.25, 0.3) is 0 Å². The van der Waals surface area contributed by atoms with Crippen LogP contribution in [-0.4, -0.2) is 29.2 Å². The Balaban J connectivity index is 1.24. The highest BCUT2D eigenvalue weighted by Gasteiger charge is 2.61. The number of fused-ring (bicyclic) bond motifs is 5. The van der Waals surface area contributed by atoms with E-state index in [9.17, 15) is 14.4 Å². The predicted octanol–water partition coefficient (Wildman–Crippen LogP) is 3.29. The molecule has 5 rings (SSSR count). The molecule has 0 unspecified atom stereocenters. The molecule has 5 heteroatoms. The Hall–Kier alpha value is -2.95. The number of imide groups is 1. The summed E-state index contributed by atoms with van der Waals surface area (Å²) in [5.74, 6) is -0.313. The van der Waals surface area contributed by atoms with E-state index in [0.29, 0.717) is 17.6 Å². The summed E-state index contributed by atoms with van der Waals surface area (Å²) in [4.78, 5) is 38.8. The molecule has 2 aliphatic carbocycles. The molecule has 0 N–H and O–H groups in total. The lowest BCUT2D eigenvalue weighted by Crippen LogP contribution is -2.38. The lowest BCUT2D eigenvalue weighted by molar-refractivity contribution is -0.148. The molecular formula is C23H21NO4. The molecule has 2 bridgehead atoms. The number of hydrogen-bond acceptors (Lipinski definition) is 4. The summed E-state index contributed by atoms with van der Waals surface area (Å²) in [5, 5.41) is 0. The van der Waals surface area contributed by atoms with Gasteiger partial charge in [-0.1, -0.05) is 42.5 Å². The molecule has 0 spiro atoms. The van der Waals surface area contributed by atoms with E-state index in [2.05, 4.69) is 0 Å². The van der Waals surface area contributed by atoms with Crippen LogP contribution in [0.3, 0.4) is 0 Å². The SMILES string of the molecule is O=C(CN1C(=O)[C@H]2[C@H]3CC[C@@H](C3)[C@@H]2C1=O)Oc1ccc(-c2ccccc2)cc1. The van der Waals surface area contributed by atoms with Crippen LogP contribution in [0, 0.1) is 23.7 Å². The molecule has 0 aromatic heterocycles. The van der Waals surface area contributed by atoms with Gasteiger partial charge in [-0.25, -0.2) is 4.79 Å². The molecular weight excluding hydrogens is 354 g/mol. The maximum Gasteiger partial charge on any atom is 0.331 e.